The molecule has 0 saturated carbocycles. The Balaban J connectivity index is 1.56. The van der Waals surface area contributed by atoms with Crippen molar-refractivity contribution in [3.63, 3.8) is 0 Å². The first-order valence-electron chi connectivity index (χ1n) is 10.5. The quantitative estimate of drug-likeness (QED) is 0.367. The van der Waals surface area contributed by atoms with Crippen LogP contribution in [0.25, 0.3) is 0 Å². The zero-order valence-electron chi connectivity index (χ0n) is 17.9. The molecule has 1 aliphatic heterocycles. The molecule has 0 bridgehead atoms. The summed E-state index contributed by atoms with van der Waals surface area (Å²) in [5.74, 6) is -0.567. The highest BCUT2D eigenvalue weighted by atomic mass is 35.5. The molecule has 5 nitrogen and oxygen atoms in total. The molecule has 2 amide bonds. The van der Waals surface area contributed by atoms with E-state index in [-0.39, 0.29) is 18.2 Å². The number of amides is 2. The van der Waals surface area contributed by atoms with Gasteiger partial charge in [0, 0.05) is 27.3 Å². The van der Waals surface area contributed by atoms with Gasteiger partial charge in [-0.1, -0.05) is 53.0 Å². The van der Waals surface area contributed by atoms with Crippen molar-refractivity contribution < 1.29 is 9.59 Å². The van der Waals surface area contributed by atoms with Crippen LogP contribution in [-0.4, -0.2) is 34.4 Å². The monoisotopic (exact) mass is 531 g/mol. The molecule has 1 N–H and O–H groups in total. The largest absolute Gasteiger partial charge is 0.336 e. The number of nitrogens with zero attached hydrogens (tertiary/aromatic N) is 2. The minimum atomic E-state index is -0.744. The lowest BCUT2D eigenvalue weighted by Crippen LogP contribution is -2.39. The van der Waals surface area contributed by atoms with Crippen LogP contribution < -0.4 is 10.2 Å². The molecule has 9 heteroatoms. The van der Waals surface area contributed by atoms with Gasteiger partial charge in [0.2, 0.25) is 5.91 Å². The van der Waals surface area contributed by atoms with Gasteiger partial charge in [0.25, 0.3) is 5.91 Å². The summed E-state index contributed by atoms with van der Waals surface area (Å²) >= 11 is 23.8. The minimum Gasteiger partial charge on any atom is -0.336 e. The Morgan fingerprint density at radius 3 is 2.21 bits per heavy atom. The molecule has 1 aliphatic rings. The molecule has 1 heterocycles. The second kappa shape index (κ2) is 10.7. The van der Waals surface area contributed by atoms with Crippen molar-refractivity contribution in [2.75, 3.05) is 16.8 Å². The number of benzene rings is 3. The number of rotatable bonds is 7. The van der Waals surface area contributed by atoms with Gasteiger partial charge in [0.05, 0.1) is 12.1 Å². The summed E-state index contributed by atoms with van der Waals surface area (Å²) < 4.78 is 0. The highest BCUT2D eigenvalue weighted by Crippen LogP contribution is 2.29. The van der Waals surface area contributed by atoms with Crippen molar-refractivity contribution in [1.82, 2.24) is 4.90 Å². The van der Waals surface area contributed by atoms with E-state index in [2.05, 4.69) is 5.32 Å². The van der Waals surface area contributed by atoms with Gasteiger partial charge in [0.15, 0.2) is 5.11 Å². The summed E-state index contributed by atoms with van der Waals surface area (Å²) in [5.41, 5.74) is 2.21. The van der Waals surface area contributed by atoms with Crippen molar-refractivity contribution in [1.29, 1.82) is 0 Å². The number of anilines is 2. The number of carbonyl (C=O) groups is 2. The standard InChI is InChI=1S/C25H20Cl3N3O2S/c26-17-6-4-16(5-7-17)12-13-30-22(15-23(32)29-20-10-8-18(27)9-11-20)24(33)31(25(30)34)21-3-1-2-19(28)14-21/h1-11,14,22H,12-13,15H2,(H,29,32). The fourth-order valence-electron chi connectivity index (χ4n) is 3.76. The number of halogens is 3. The van der Waals surface area contributed by atoms with E-state index < -0.39 is 6.04 Å². The van der Waals surface area contributed by atoms with Crippen LogP contribution in [0.3, 0.4) is 0 Å². The Hall–Kier alpha value is -2.64. The first kappa shape index (κ1) is 24.5. The van der Waals surface area contributed by atoms with E-state index in [0.717, 1.165) is 5.56 Å². The second-order valence-electron chi connectivity index (χ2n) is 7.78. The van der Waals surface area contributed by atoms with Gasteiger partial charge < -0.3 is 10.2 Å². The Labute approximate surface area is 218 Å². The molecule has 1 fully saturated rings. The maximum absolute atomic E-state index is 13.5. The molecular weight excluding hydrogens is 513 g/mol. The lowest BCUT2D eigenvalue weighted by molar-refractivity contribution is -0.124. The third-order valence-electron chi connectivity index (χ3n) is 5.45. The van der Waals surface area contributed by atoms with Gasteiger partial charge in [0.1, 0.15) is 6.04 Å². The van der Waals surface area contributed by atoms with E-state index >= 15 is 0 Å². The fraction of sp³-hybridized carbons (Fsp3) is 0.160. The predicted molar refractivity (Wildman–Crippen MR) is 142 cm³/mol. The Morgan fingerprint density at radius 1 is 0.912 bits per heavy atom. The average molecular weight is 533 g/mol. The minimum absolute atomic E-state index is 0.0563. The molecule has 0 spiro atoms. The van der Waals surface area contributed by atoms with Crippen LogP contribution in [0.15, 0.2) is 72.8 Å². The maximum atomic E-state index is 13.5. The van der Waals surface area contributed by atoms with E-state index in [1.54, 1.807) is 53.4 Å². The Morgan fingerprint density at radius 2 is 1.56 bits per heavy atom. The molecule has 3 aromatic carbocycles. The first-order chi connectivity index (χ1) is 16.3. The molecule has 1 unspecified atom stereocenters. The number of nitrogens with one attached hydrogen (secondary N) is 1. The maximum Gasteiger partial charge on any atom is 0.256 e. The Bertz CT molecular complexity index is 1220. The van der Waals surface area contributed by atoms with Crippen molar-refractivity contribution in [3.05, 3.63) is 93.4 Å². The van der Waals surface area contributed by atoms with Crippen molar-refractivity contribution in [2.24, 2.45) is 0 Å². The van der Waals surface area contributed by atoms with Crippen molar-refractivity contribution in [2.45, 2.75) is 18.9 Å². The van der Waals surface area contributed by atoms with Gasteiger partial charge in [-0.15, -0.1) is 0 Å². The van der Waals surface area contributed by atoms with E-state index in [1.807, 2.05) is 24.3 Å². The molecular formula is C25H20Cl3N3O2S. The van der Waals surface area contributed by atoms with Crippen molar-refractivity contribution >= 4 is 75.3 Å². The molecule has 0 aliphatic carbocycles. The number of hydrogen-bond acceptors (Lipinski definition) is 3. The fourth-order valence-corrected chi connectivity index (χ4v) is 4.61. The summed E-state index contributed by atoms with van der Waals surface area (Å²) in [6, 6.07) is 20.5. The van der Waals surface area contributed by atoms with Crippen LogP contribution >= 0.6 is 47.0 Å². The summed E-state index contributed by atoms with van der Waals surface area (Å²) in [4.78, 5) is 29.6. The van der Waals surface area contributed by atoms with Crippen molar-refractivity contribution in [3.8, 4) is 0 Å². The zero-order chi connectivity index (χ0) is 24.2. The van der Waals surface area contributed by atoms with E-state index in [9.17, 15) is 9.59 Å². The topological polar surface area (TPSA) is 52.7 Å². The van der Waals surface area contributed by atoms with Crippen LogP contribution in [0.5, 0.6) is 0 Å². The van der Waals surface area contributed by atoms with E-state index in [1.165, 1.54) is 4.90 Å². The number of thiocarbonyl (C=S) groups is 1. The van der Waals surface area contributed by atoms with Gasteiger partial charge in [-0.25, -0.2) is 0 Å². The summed E-state index contributed by atoms with van der Waals surface area (Å²) in [5, 5.41) is 4.87. The first-order valence-corrected chi connectivity index (χ1v) is 12.1. The van der Waals surface area contributed by atoms with Crippen LogP contribution in [0.2, 0.25) is 15.1 Å². The summed E-state index contributed by atoms with van der Waals surface area (Å²) in [6.45, 7) is 0.460. The smallest absolute Gasteiger partial charge is 0.256 e. The molecule has 4 rings (SSSR count). The second-order valence-corrected chi connectivity index (χ2v) is 9.46. The molecule has 0 aromatic heterocycles. The van der Waals surface area contributed by atoms with Crippen LogP contribution in [0.1, 0.15) is 12.0 Å². The normalized spacial score (nSPS) is 15.7. The number of hydrogen-bond donors (Lipinski definition) is 1. The highest BCUT2D eigenvalue weighted by molar-refractivity contribution is 7.80. The predicted octanol–water partition coefficient (Wildman–Crippen LogP) is 6.22. The average Bonchev–Trinajstić information content (AvgIpc) is 3.04. The summed E-state index contributed by atoms with van der Waals surface area (Å²) in [7, 11) is 0. The SMILES string of the molecule is O=C(CC1C(=O)N(c2cccc(Cl)c2)C(=S)N1CCc1ccc(Cl)cc1)Nc1ccc(Cl)cc1. The summed E-state index contributed by atoms with van der Waals surface area (Å²) in [6.07, 6.45) is 0.572. The van der Waals surface area contributed by atoms with Crippen LogP contribution in [0, 0.1) is 0 Å². The zero-order valence-corrected chi connectivity index (χ0v) is 21.0. The molecule has 0 radical (unpaired) electrons. The van der Waals surface area contributed by atoms with E-state index in [4.69, 9.17) is 47.0 Å². The highest BCUT2D eigenvalue weighted by Gasteiger charge is 2.43. The van der Waals surface area contributed by atoms with Crippen LogP contribution in [0.4, 0.5) is 11.4 Å². The molecule has 1 atom stereocenters. The molecule has 1 saturated heterocycles. The van der Waals surface area contributed by atoms with E-state index in [0.29, 0.717) is 44.5 Å². The lowest BCUT2D eigenvalue weighted by Gasteiger charge is -2.24. The lowest BCUT2D eigenvalue weighted by atomic mass is 10.1. The third kappa shape index (κ3) is 5.70. The number of carbonyl (C=O) groups excluding carboxylic acids is 2. The molecule has 3 aromatic rings. The van der Waals surface area contributed by atoms with Crippen LogP contribution in [-0.2, 0) is 16.0 Å². The van der Waals surface area contributed by atoms with Gasteiger partial charge in [-0.05, 0) is 78.8 Å². The van der Waals surface area contributed by atoms with Gasteiger partial charge in [-0.3, -0.25) is 14.5 Å². The van der Waals surface area contributed by atoms with Gasteiger partial charge >= 0.3 is 0 Å². The molecule has 34 heavy (non-hydrogen) atoms. The Kier molecular flexibility index (Phi) is 7.73. The third-order valence-corrected chi connectivity index (χ3v) is 6.60. The van der Waals surface area contributed by atoms with Gasteiger partial charge in [-0.2, -0.15) is 0 Å². The molecule has 174 valence electrons.